The maximum Gasteiger partial charge on any atom is 0.252 e. The molecule has 4 bridgehead atoms. The number of amides is 1. The van der Waals surface area contributed by atoms with Gasteiger partial charge in [-0.3, -0.25) is 4.79 Å². The minimum atomic E-state index is -0.502. The van der Waals surface area contributed by atoms with E-state index in [-0.39, 0.29) is 6.04 Å². The highest BCUT2D eigenvalue weighted by atomic mass is 16.3. The topological polar surface area (TPSA) is 117 Å². The number of nitrogens with two attached hydrogens (primary N) is 1. The third kappa shape index (κ3) is 1.97. The third-order valence-corrected chi connectivity index (χ3v) is 6.27. The number of carbonyl (C=O) groups is 1. The zero-order valence-electron chi connectivity index (χ0n) is 13.3. The number of hydrogen-bond acceptors (Lipinski definition) is 5. The van der Waals surface area contributed by atoms with Crippen LogP contribution in [0.4, 0.5) is 5.69 Å². The minimum absolute atomic E-state index is 0.252. The van der Waals surface area contributed by atoms with Gasteiger partial charge in [-0.1, -0.05) is 0 Å². The Morgan fingerprint density at radius 2 is 2.04 bits per heavy atom. The standard InChI is InChI=1S/C17H21N5O2/c18-15(23)11-6-19-16-14(20-7-21-16)13(11)22-12-9-1-8-2-10(12)5-17(24,3-8)4-9/h6-10,12,24H,1-5H2,(H2,18,23)(H2,19,20,21,22). The first-order valence-corrected chi connectivity index (χ1v) is 8.63. The molecule has 2 unspecified atom stereocenters. The van der Waals surface area contributed by atoms with Crippen LogP contribution < -0.4 is 11.1 Å². The molecule has 7 heteroatoms. The molecular formula is C17H21N5O2. The molecule has 2 atom stereocenters. The molecule has 24 heavy (non-hydrogen) atoms. The Balaban J connectivity index is 1.54. The van der Waals surface area contributed by atoms with E-state index in [0.717, 1.165) is 32.1 Å². The summed E-state index contributed by atoms with van der Waals surface area (Å²) in [6.45, 7) is 0. The first kappa shape index (κ1) is 14.2. The number of H-pyrrole nitrogens is 1. The molecule has 1 amide bonds. The molecule has 2 heterocycles. The Bertz CT molecular complexity index is 815. The van der Waals surface area contributed by atoms with Crippen molar-refractivity contribution >= 4 is 22.8 Å². The third-order valence-electron chi connectivity index (χ3n) is 6.27. The summed E-state index contributed by atoms with van der Waals surface area (Å²) in [6, 6.07) is 0.252. The number of hydrogen-bond donors (Lipinski definition) is 4. The largest absolute Gasteiger partial charge is 0.390 e. The number of aromatic amines is 1. The van der Waals surface area contributed by atoms with Crippen LogP contribution >= 0.6 is 0 Å². The quantitative estimate of drug-likeness (QED) is 0.680. The number of imidazole rings is 1. The lowest BCUT2D eigenvalue weighted by Gasteiger charge is -2.58. The number of carbonyl (C=O) groups excluding carboxylic acids is 1. The van der Waals surface area contributed by atoms with Gasteiger partial charge in [0.15, 0.2) is 5.65 Å². The summed E-state index contributed by atoms with van der Waals surface area (Å²) in [7, 11) is 0. The van der Waals surface area contributed by atoms with E-state index in [1.54, 1.807) is 6.33 Å². The van der Waals surface area contributed by atoms with Gasteiger partial charge in [0.1, 0.15) is 5.52 Å². The van der Waals surface area contributed by atoms with E-state index in [1.165, 1.54) is 6.20 Å². The Labute approximate surface area is 139 Å². The average molecular weight is 327 g/mol. The summed E-state index contributed by atoms with van der Waals surface area (Å²) in [6.07, 6.45) is 8.03. The fourth-order valence-corrected chi connectivity index (χ4v) is 5.61. The summed E-state index contributed by atoms with van der Waals surface area (Å²) in [5.41, 5.74) is 7.43. The van der Waals surface area contributed by atoms with Gasteiger partial charge in [-0.25, -0.2) is 9.97 Å². The van der Waals surface area contributed by atoms with E-state index in [0.29, 0.717) is 40.2 Å². The summed E-state index contributed by atoms with van der Waals surface area (Å²) in [5.74, 6) is 1.01. The molecular weight excluding hydrogens is 306 g/mol. The molecule has 4 aliphatic carbocycles. The lowest BCUT2D eigenvalue weighted by molar-refractivity contribution is -0.129. The first-order valence-electron chi connectivity index (χ1n) is 8.63. The second kappa shape index (κ2) is 4.69. The van der Waals surface area contributed by atoms with Crippen LogP contribution in [0.2, 0.25) is 0 Å². The molecule has 0 saturated heterocycles. The fourth-order valence-electron chi connectivity index (χ4n) is 5.61. The van der Waals surface area contributed by atoms with E-state index in [2.05, 4.69) is 20.3 Å². The van der Waals surface area contributed by atoms with Crippen LogP contribution in [0.1, 0.15) is 42.5 Å². The maximum atomic E-state index is 11.8. The number of nitrogens with zero attached hydrogens (tertiary/aromatic N) is 2. The summed E-state index contributed by atoms with van der Waals surface area (Å²) in [4.78, 5) is 23.4. The second-order valence-corrected chi connectivity index (χ2v) is 7.88. The molecule has 4 saturated carbocycles. The van der Waals surface area contributed by atoms with Gasteiger partial charge in [-0.05, 0) is 49.9 Å². The summed E-state index contributed by atoms with van der Waals surface area (Å²) < 4.78 is 0. The molecule has 0 aromatic carbocycles. The first-order chi connectivity index (χ1) is 11.5. The second-order valence-electron chi connectivity index (χ2n) is 7.88. The van der Waals surface area contributed by atoms with Crippen LogP contribution in [0.3, 0.4) is 0 Å². The highest BCUT2D eigenvalue weighted by Crippen LogP contribution is 2.56. The molecule has 126 valence electrons. The number of primary amides is 1. The van der Waals surface area contributed by atoms with Crippen molar-refractivity contribution in [2.24, 2.45) is 23.5 Å². The average Bonchev–Trinajstić information content (AvgIpc) is 2.97. The number of pyridine rings is 1. The highest BCUT2D eigenvalue weighted by Gasteiger charge is 2.54. The number of rotatable bonds is 3. The normalized spacial score (nSPS) is 37.0. The van der Waals surface area contributed by atoms with Crippen molar-refractivity contribution in [3.63, 3.8) is 0 Å². The molecule has 0 radical (unpaired) electrons. The predicted octanol–water partition coefficient (Wildman–Crippen LogP) is 1.41. The zero-order valence-corrected chi connectivity index (χ0v) is 13.3. The minimum Gasteiger partial charge on any atom is -0.390 e. The zero-order chi connectivity index (χ0) is 16.5. The predicted molar refractivity (Wildman–Crippen MR) is 88.3 cm³/mol. The summed E-state index contributed by atoms with van der Waals surface area (Å²) in [5, 5.41) is 14.3. The van der Waals surface area contributed by atoms with Gasteiger partial charge >= 0.3 is 0 Å². The Morgan fingerprint density at radius 1 is 1.29 bits per heavy atom. The molecule has 4 fully saturated rings. The van der Waals surface area contributed by atoms with Crippen molar-refractivity contribution in [2.45, 2.75) is 43.7 Å². The van der Waals surface area contributed by atoms with Crippen LogP contribution in [-0.4, -0.2) is 37.6 Å². The van der Waals surface area contributed by atoms with Crippen molar-refractivity contribution in [3.8, 4) is 0 Å². The van der Waals surface area contributed by atoms with Gasteiger partial charge in [0.25, 0.3) is 5.91 Å². The molecule has 6 rings (SSSR count). The van der Waals surface area contributed by atoms with E-state index >= 15 is 0 Å². The van der Waals surface area contributed by atoms with Gasteiger partial charge in [0, 0.05) is 12.2 Å². The van der Waals surface area contributed by atoms with Crippen molar-refractivity contribution in [3.05, 3.63) is 18.1 Å². The number of aliphatic hydroxyl groups is 1. The van der Waals surface area contributed by atoms with Crippen molar-refractivity contribution in [1.29, 1.82) is 0 Å². The van der Waals surface area contributed by atoms with E-state index in [9.17, 15) is 9.90 Å². The van der Waals surface area contributed by atoms with E-state index in [4.69, 9.17) is 5.73 Å². The van der Waals surface area contributed by atoms with Gasteiger partial charge < -0.3 is 21.1 Å². The summed E-state index contributed by atoms with van der Waals surface area (Å²) >= 11 is 0. The Kier molecular flexibility index (Phi) is 2.78. The lowest BCUT2D eigenvalue weighted by Crippen LogP contribution is -2.59. The number of nitrogens with one attached hydrogen (secondary N) is 2. The number of anilines is 1. The van der Waals surface area contributed by atoms with E-state index < -0.39 is 11.5 Å². The Morgan fingerprint density at radius 3 is 2.71 bits per heavy atom. The fraction of sp³-hybridized carbons (Fsp3) is 0.588. The lowest BCUT2D eigenvalue weighted by atomic mass is 9.52. The van der Waals surface area contributed by atoms with Crippen LogP contribution in [0.25, 0.3) is 11.2 Å². The smallest absolute Gasteiger partial charge is 0.252 e. The van der Waals surface area contributed by atoms with Crippen molar-refractivity contribution in [2.75, 3.05) is 5.32 Å². The maximum absolute atomic E-state index is 11.8. The molecule has 0 spiro atoms. The monoisotopic (exact) mass is 327 g/mol. The molecule has 2 aromatic rings. The van der Waals surface area contributed by atoms with Crippen molar-refractivity contribution < 1.29 is 9.90 Å². The van der Waals surface area contributed by atoms with Crippen LogP contribution in [0.5, 0.6) is 0 Å². The highest BCUT2D eigenvalue weighted by molar-refractivity contribution is 6.04. The molecule has 4 aliphatic rings. The van der Waals surface area contributed by atoms with Crippen LogP contribution in [0.15, 0.2) is 12.5 Å². The SMILES string of the molecule is NC(=O)c1cnc2[nH]cnc2c1NC1C2CC3CC1CC(O)(C3)C2. The van der Waals surface area contributed by atoms with Crippen molar-refractivity contribution in [1.82, 2.24) is 15.0 Å². The van der Waals surface area contributed by atoms with Crippen LogP contribution in [-0.2, 0) is 0 Å². The molecule has 0 aliphatic heterocycles. The van der Waals surface area contributed by atoms with E-state index in [1.807, 2.05) is 0 Å². The van der Waals surface area contributed by atoms with Gasteiger partial charge in [-0.15, -0.1) is 0 Å². The van der Waals surface area contributed by atoms with Crippen LogP contribution in [0, 0.1) is 17.8 Å². The van der Waals surface area contributed by atoms with Gasteiger partial charge in [-0.2, -0.15) is 0 Å². The van der Waals surface area contributed by atoms with Gasteiger partial charge in [0.05, 0.1) is 23.2 Å². The molecule has 5 N–H and O–H groups in total. The number of aromatic nitrogens is 3. The molecule has 2 aromatic heterocycles. The molecule has 7 nitrogen and oxygen atoms in total. The number of fused-ring (bicyclic) bond motifs is 1. The van der Waals surface area contributed by atoms with Gasteiger partial charge in [0.2, 0.25) is 0 Å². The Hall–Kier alpha value is -2.15.